The molecule has 176 valence electrons. The third kappa shape index (κ3) is 16.8. The van der Waals surface area contributed by atoms with Gasteiger partial charge in [0.15, 0.2) is 0 Å². The Bertz CT molecular complexity index is 603. The molecule has 0 aliphatic heterocycles. The van der Waals surface area contributed by atoms with Crippen LogP contribution in [0.2, 0.25) is 5.02 Å². The second kappa shape index (κ2) is 19.2. The molecule has 0 amide bonds. The molecule has 0 heterocycles. The van der Waals surface area contributed by atoms with Crippen LogP contribution in [0.5, 0.6) is 5.75 Å². The van der Waals surface area contributed by atoms with E-state index in [2.05, 4.69) is 6.92 Å². The number of rotatable bonds is 19. The molecule has 0 spiro atoms. The van der Waals surface area contributed by atoms with E-state index in [-0.39, 0.29) is 11.9 Å². The Balaban J connectivity index is 1.86. The second-order valence-electron chi connectivity index (χ2n) is 8.25. The molecule has 0 radical (unpaired) electrons. The average molecular weight is 453 g/mol. The molecule has 5 heteroatoms. The summed E-state index contributed by atoms with van der Waals surface area (Å²) in [5, 5.41) is 0.539. The summed E-state index contributed by atoms with van der Waals surface area (Å²) in [6.07, 6.45) is 17.1. The number of ether oxygens (including phenoxy) is 2. The number of carbonyl (C=O) groups is 2. The van der Waals surface area contributed by atoms with Gasteiger partial charge >= 0.3 is 11.9 Å². The van der Waals surface area contributed by atoms with Crippen molar-refractivity contribution in [1.82, 2.24) is 0 Å². The second-order valence-corrected chi connectivity index (χ2v) is 8.68. The molecule has 4 nitrogen and oxygen atoms in total. The van der Waals surface area contributed by atoms with Crippen LogP contribution in [0.4, 0.5) is 0 Å². The van der Waals surface area contributed by atoms with E-state index in [1.54, 1.807) is 24.3 Å². The highest BCUT2D eigenvalue weighted by Gasteiger charge is 2.07. The van der Waals surface area contributed by atoms with Crippen molar-refractivity contribution >= 4 is 23.5 Å². The molecule has 0 N–H and O–H groups in total. The lowest BCUT2D eigenvalue weighted by Gasteiger charge is -2.06. The highest BCUT2D eigenvalue weighted by molar-refractivity contribution is 6.30. The van der Waals surface area contributed by atoms with Crippen LogP contribution in [0.3, 0.4) is 0 Å². The Morgan fingerprint density at radius 2 is 1.29 bits per heavy atom. The molecule has 1 rings (SSSR count). The fourth-order valence-electron chi connectivity index (χ4n) is 3.45. The van der Waals surface area contributed by atoms with Crippen molar-refractivity contribution in [2.45, 2.75) is 110 Å². The minimum atomic E-state index is -0.277. The van der Waals surface area contributed by atoms with Crippen molar-refractivity contribution in [3.63, 3.8) is 0 Å². The van der Waals surface area contributed by atoms with Gasteiger partial charge in [-0.25, -0.2) is 0 Å². The van der Waals surface area contributed by atoms with E-state index in [0.29, 0.717) is 36.6 Å². The summed E-state index contributed by atoms with van der Waals surface area (Å²) in [4.78, 5) is 23.6. The molecule has 1 aromatic rings. The summed E-state index contributed by atoms with van der Waals surface area (Å²) >= 11 is 5.87. The molecule has 0 aromatic heterocycles. The number of esters is 2. The highest BCUT2D eigenvalue weighted by Crippen LogP contribution is 2.18. The van der Waals surface area contributed by atoms with Crippen molar-refractivity contribution in [3.05, 3.63) is 29.3 Å². The molecule has 0 fully saturated rings. The van der Waals surface area contributed by atoms with Gasteiger partial charge in [-0.05, 0) is 37.5 Å². The maximum absolute atomic E-state index is 11.8. The van der Waals surface area contributed by atoms with E-state index >= 15 is 0 Å². The van der Waals surface area contributed by atoms with Gasteiger partial charge in [-0.15, -0.1) is 0 Å². The van der Waals surface area contributed by atoms with Gasteiger partial charge in [0.25, 0.3) is 0 Å². The molecule has 1 aromatic carbocycles. The van der Waals surface area contributed by atoms with E-state index in [0.717, 1.165) is 25.7 Å². The van der Waals surface area contributed by atoms with Crippen LogP contribution in [-0.4, -0.2) is 18.5 Å². The van der Waals surface area contributed by atoms with Crippen LogP contribution < -0.4 is 4.74 Å². The minimum absolute atomic E-state index is 0.131. The van der Waals surface area contributed by atoms with Crippen LogP contribution in [0.15, 0.2) is 24.3 Å². The predicted octanol–water partition coefficient (Wildman–Crippen LogP) is 8.05. The molecule has 0 saturated carbocycles. The Labute approximate surface area is 194 Å². The molecule has 0 bridgehead atoms. The Morgan fingerprint density at radius 1 is 0.742 bits per heavy atom. The zero-order valence-corrected chi connectivity index (χ0v) is 20.1. The fourth-order valence-corrected chi connectivity index (χ4v) is 3.63. The molecule has 0 unspecified atom stereocenters. The topological polar surface area (TPSA) is 52.6 Å². The molecular weight excluding hydrogens is 412 g/mol. The summed E-state index contributed by atoms with van der Waals surface area (Å²) in [5.41, 5.74) is 0. The first-order valence-electron chi connectivity index (χ1n) is 12.2. The Hall–Kier alpha value is -1.55. The maximum Gasteiger partial charge on any atom is 0.311 e. The fraction of sp³-hybridized carbons (Fsp3) is 0.692. The molecule has 0 atom stereocenters. The summed E-state index contributed by atoms with van der Waals surface area (Å²) < 4.78 is 10.5. The van der Waals surface area contributed by atoms with E-state index in [9.17, 15) is 9.59 Å². The summed E-state index contributed by atoms with van der Waals surface area (Å²) in [6, 6.07) is 6.79. The van der Waals surface area contributed by atoms with Gasteiger partial charge in [-0.3, -0.25) is 9.59 Å². The van der Waals surface area contributed by atoms with Gasteiger partial charge in [-0.1, -0.05) is 95.2 Å². The highest BCUT2D eigenvalue weighted by atomic mass is 35.5. The lowest BCUT2D eigenvalue weighted by atomic mass is 10.1. The van der Waals surface area contributed by atoms with Crippen molar-refractivity contribution < 1.29 is 19.1 Å². The first-order valence-corrected chi connectivity index (χ1v) is 12.6. The number of carbonyl (C=O) groups excluding carboxylic acids is 2. The molecule has 0 aliphatic carbocycles. The summed E-state index contributed by atoms with van der Waals surface area (Å²) in [6.45, 7) is 2.78. The summed E-state index contributed by atoms with van der Waals surface area (Å²) in [7, 11) is 0. The van der Waals surface area contributed by atoms with Crippen molar-refractivity contribution in [2.75, 3.05) is 6.61 Å². The van der Waals surface area contributed by atoms with Crippen molar-refractivity contribution in [2.24, 2.45) is 0 Å². The maximum atomic E-state index is 11.8. The van der Waals surface area contributed by atoms with Gasteiger partial charge in [0.05, 0.1) is 6.61 Å². The lowest BCUT2D eigenvalue weighted by Crippen LogP contribution is -2.08. The number of hydrogen-bond donors (Lipinski definition) is 0. The first kappa shape index (κ1) is 27.5. The quantitative estimate of drug-likeness (QED) is 0.121. The van der Waals surface area contributed by atoms with Crippen LogP contribution in [0, 0.1) is 0 Å². The van der Waals surface area contributed by atoms with Crippen LogP contribution >= 0.6 is 11.6 Å². The number of hydrogen-bond acceptors (Lipinski definition) is 4. The van der Waals surface area contributed by atoms with E-state index < -0.39 is 0 Å². The standard InChI is InChI=1S/C26H41ClO4/c1-2-3-4-5-6-7-8-9-10-11-15-21-30-25(28)19-13-12-14-20-26(29)31-24-18-16-17-23(27)22-24/h16-18,22H,2-15,19-21H2,1H3. The van der Waals surface area contributed by atoms with Gasteiger partial charge in [0, 0.05) is 17.9 Å². The van der Waals surface area contributed by atoms with Crippen molar-refractivity contribution in [3.8, 4) is 5.75 Å². The van der Waals surface area contributed by atoms with Crippen molar-refractivity contribution in [1.29, 1.82) is 0 Å². The predicted molar refractivity (Wildman–Crippen MR) is 128 cm³/mol. The van der Waals surface area contributed by atoms with Gasteiger partial charge < -0.3 is 9.47 Å². The SMILES string of the molecule is CCCCCCCCCCCCCOC(=O)CCCCCC(=O)Oc1cccc(Cl)c1. The van der Waals surface area contributed by atoms with Gasteiger partial charge in [0.2, 0.25) is 0 Å². The zero-order valence-electron chi connectivity index (χ0n) is 19.3. The monoisotopic (exact) mass is 452 g/mol. The molecule has 0 saturated heterocycles. The molecule has 0 aliphatic rings. The molecule has 31 heavy (non-hydrogen) atoms. The third-order valence-electron chi connectivity index (χ3n) is 5.30. The Morgan fingerprint density at radius 3 is 1.90 bits per heavy atom. The largest absolute Gasteiger partial charge is 0.466 e. The number of unbranched alkanes of at least 4 members (excludes halogenated alkanes) is 12. The Kier molecular flexibility index (Phi) is 17.0. The van der Waals surface area contributed by atoms with Gasteiger partial charge in [0.1, 0.15) is 5.75 Å². The average Bonchev–Trinajstić information content (AvgIpc) is 2.74. The summed E-state index contributed by atoms with van der Waals surface area (Å²) in [5.74, 6) is 0.0541. The van der Waals surface area contributed by atoms with E-state index in [1.807, 2.05) is 0 Å². The smallest absolute Gasteiger partial charge is 0.311 e. The van der Waals surface area contributed by atoms with Crippen LogP contribution in [-0.2, 0) is 14.3 Å². The van der Waals surface area contributed by atoms with E-state index in [4.69, 9.17) is 21.1 Å². The van der Waals surface area contributed by atoms with Gasteiger partial charge in [-0.2, -0.15) is 0 Å². The zero-order chi connectivity index (χ0) is 22.6. The molecular formula is C26H41ClO4. The minimum Gasteiger partial charge on any atom is -0.466 e. The number of benzene rings is 1. The first-order chi connectivity index (χ1) is 15.1. The normalized spacial score (nSPS) is 10.8. The lowest BCUT2D eigenvalue weighted by molar-refractivity contribution is -0.143. The van der Waals surface area contributed by atoms with E-state index in [1.165, 1.54) is 57.8 Å². The van der Waals surface area contributed by atoms with Crippen LogP contribution in [0.1, 0.15) is 110 Å². The third-order valence-corrected chi connectivity index (χ3v) is 5.54. The van der Waals surface area contributed by atoms with Crippen LogP contribution in [0.25, 0.3) is 0 Å². The number of halogens is 1.